The molecule has 1 N–H and O–H groups in total. The highest BCUT2D eigenvalue weighted by atomic mass is 32.1. The Morgan fingerprint density at radius 2 is 2.13 bits per heavy atom. The monoisotopic (exact) mass is 329 g/mol. The second-order valence-corrected chi connectivity index (χ2v) is 6.87. The van der Waals surface area contributed by atoms with E-state index in [0.29, 0.717) is 6.42 Å². The fraction of sp³-hybridized carbons (Fsp3) is 0.444. The van der Waals surface area contributed by atoms with Crippen molar-refractivity contribution in [2.75, 3.05) is 11.4 Å². The highest BCUT2D eigenvalue weighted by Gasteiger charge is 2.21. The smallest absolute Gasteiger partial charge is 0.227 e. The molecule has 1 saturated heterocycles. The van der Waals surface area contributed by atoms with E-state index in [0.717, 1.165) is 37.3 Å². The van der Waals surface area contributed by atoms with Crippen LogP contribution in [0, 0.1) is 0 Å². The molecule has 5 heteroatoms. The van der Waals surface area contributed by atoms with Crippen molar-refractivity contribution in [3.8, 4) is 0 Å². The molecule has 0 saturated carbocycles. The summed E-state index contributed by atoms with van der Waals surface area (Å²) in [6.45, 7) is 5.91. The molecule has 1 aliphatic heterocycles. The Hall–Kier alpha value is -1.72. The summed E-state index contributed by atoms with van der Waals surface area (Å²) in [7, 11) is 0. The largest absolute Gasteiger partial charge is 0.312 e. The van der Waals surface area contributed by atoms with Crippen LogP contribution in [0.1, 0.15) is 49.0 Å². The molecular formula is C18H23N3OS. The Balaban J connectivity index is 1.58. The van der Waals surface area contributed by atoms with Crippen molar-refractivity contribution in [1.82, 2.24) is 10.3 Å². The minimum atomic E-state index is 0.235. The number of anilines is 1. The lowest BCUT2D eigenvalue weighted by Crippen LogP contribution is -2.23. The number of amides is 1. The van der Waals surface area contributed by atoms with E-state index in [1.165, 1.54) is 10.6 Å². The van der Waals surface area contributed by atoms with E-state index < -0.39 is 0 Å². The first-order valence-electron chi connectivity index (χ1n) is 8.24. The second kappa shape index (κ2) is 7.23. The van der Waals surface area contributed by atoms with Crippen molar-refractivity contribution in [1.29, 1.82) is 0 Å². The van der Waals surface area contributed by atoms with Gasteiger partial charge in [0.25, 0.3) is 0 Å². The lowest BCUT2D eigenvalue weighted by molar-refractivity contribution is -0.117. The van der Waals surface area contributed by atoms with E-state index >= 15 is 0 Å². The standard InChI is InChI=1S/C18H23N3OS/c1-3-17-20-15(12-23-17)11-19-13(2)14-6-8-16(9-7-14)21-10-4-5-18(21)22/h6-9,12-13,19H,3-5,10-11H2,1-2H3. The van der Waals surface area contributed by atoms with E-state index in [9.17, 15) is 4.79 Å². The number of thiazole rings is 1. The van der Waals surface area contributed by atoms with Gasteiger partial charge in [0, 0.05) is 36.6 Å². The molecule has 2 heterocycles. The molecule has 1 aromatic carbocycles. The maximum atomic E-state index is 11.8. The van der Waals surface area contributed by atoms with Crippen LogP contribution in [0.25, 0.3) is 0 Å². The van der Waals surface area contributed by atoms with Gasteiger partial charge in [-0.05, 0) is 37.5 Å². The molecule has 23 heavy (non-hydrogen) atoms. The SMILES string of the molecule is CCc1nc(CNC(C)c2ccc(N3CCCC3=O)cc2)cs1. The number of aromatic nitrogens is 1. The molecule has 3 rings (SSSR count). The quantitative estimate of drug-likeness (QED) is 0.879. The van der Waals surface area contributed by atoms with Crippen LogP contribution in [0.2, 0.25) is 0 Å². The molecule has 0 bridgehead atoms. The number of nitrogens with one attached hydrogen (secondary N) is 1. The second-order valence-electron chi connectivity index (χ2n) is 5.93. The molecule has 0 aliphatic carbocycles. The summed E-state index contributed by atoms with van der Waals surface area (Å²) in [5.74, 6) is 0.235. The summed E-state index contributed by atoms with van der Waals surface area (Å²) < 4.78 is 0. The Morgan fingerprint density at radius 3 is 2.74 bits per heavy atom. The zero-order valence-electron chi connectivity index (χ0n) is 13.7. The van der Waals surface area contributed by atoms with Gasteiger partial charge >= 0.3 is 0 Å². The maximum absolute atomic E-state index is 11.8. The van der Waals surface area contributed by atoms with Crippen LogP contribution < -0.4 is 10.2 Å². The van der Waals surface area contributed by atoms with Gasteiger partial charge in [-0.15, -0.1) is 11.3 Å². The molecule has 1 aromatic heterocycles. The molecule has 122 valence electrons. The third-order valence-electron chi connectivity index (χ3n) is 4.27. The Labute approximate surface area is 141 Å². The first-order valence-corrected chi connectivity index (χ1v) is 9.12. The van der Waals surface area contributed by atoms with Crippen molar-refractivity contribution in [2.45, 2.75) is 45.7 Å². The van der Waals surface area contributed by atoms with Crippen LogP contribution in [0.3, 0.4) is 0 Å². The number of benzene rings is 1. The molecule has 0 radical (unpaired) electrons. The first-order chi connectivity index (χ1) is 11.2. The van der Waals surface area contributed by atoms with Gasteiger partial charge in [-0.25, -0.2) is 4.98 Å². The van der Waals surface area contributed by atoms with Crippen molar-refractivity contribution in [2.24, 2.45) is 0 Å². The molecular weight excluding hydrogens is 306 g/mol. The molecule has 1 amide bonds. The molecule has 0 spiro atoms. The summed E-state index contributed by atoms with van der Waals surface area (Å²) in [5, 5.41) is 6.83. The summed E-state index contributed by atoms with van der Waals surface area (Å²) >= 11 is 1.72. The minimum Gasteiger partial charge on any atom is -0.312 e. The highest BCUT2D eigenvalue weighted by molar-refractivity contribution is 7.09. The van der Waals surface area contributed by atoms with Crippen molar-refractivity contribution in [3.05, 3.63) is 45.9 Å². The van der Waals surface area contributed by atoms with E-state index in [2.05, 4.69) is 53.8 Å². The van der Waals surface area contributed by atoms with E-state index in [1.807, 2.05) is 4.90 Å². The van der Waals surface area contributed by atoms with Crippen LogP contribution in [0.5, 0.6) is 0 Å². The highest BCUT2D eigenvalue weighted by Crippen LogP contribution is 2.23. The average molecular weight is 329 g/mol. The van der Waals surface area contributed by atoms with Gasteiger partial charge in [-0.3, -0.25) is 4.79 Å². The molecule has 1 fully saturated rings. The van der Waals surface area contributed by atoms with Crippen LogP contribution in [0.4, 0.5) is 5.69 Å². The van der Waals surface area contributed by atoms with Crippen LogP contribution >= 0.6 is 11.3 Å². The number of carbonyl (C=O) groups is 1. The van der Waals surface area contributed by atoms with Gasteiger partial charge in [-0.2, -0.15) is 0 Å². The Morgan fingerprint density at radius 1 is 1.35 bits per heavy atom. The molecule has 1 unspecified atom stereocenters. The fourth-order valence-corrected chi connectivity index (χ4v) is 3.58. The molecule has 1 aliphatic rings. The third kappa shape index (κ3) is 3.79. The molecule has 2 aromatic rings. The average Bonchev–Trinajstić information content (AvgIpc) is 3.21. The topological polar surface area (TPSA) is 45.2 Å². The Kier molecular flexibility index (Phi) is 5.08. The lowest BCUT2D eigenvalue weighted by atomic mass is 10.1. The van der Waals surface area contributed by atoms with Gasteiger partial charge in [0.2, 0.25) is 5.91 Å². The lowest BCUT2D eigenvalue weighted by Gasteiger charge is -2.18. The molecule has 1 atom stereocenters. The molecule has 4 nitrogen and oxygen atoms in total. The summed E-state index contributed by atoms with van der Waals surface area (Å²) in [5.41, 5.74) is 3.35. The summed E-state index contributed by atoms with van der Waals surface area (Å²) in [6.07, 6.45) is 2.63. The normalized spacial score (nSPS) is 16.1. The van der Waals surface area contributed by atoms with Crippen LogP contribution in [-0.4, -0.2) is 17.4 Å². The number of aryl methyl sites for hydroxylation is 1. The van der Waals surface area contributed by atoms with Crippen LogP contribution in [0.15, 0.2) is 29.6 Å². The zero-order valence-corrected chi connectivity index (χ0v) is 14.5. The van der Waals surface area contributed by atoms with Crippen molar-refractivity contribution < 1.29 is 4.79 Å². The van der Waals surface area contributed by atoms with Gasteiger partial charge in [-0.1, -0.05) is 19.1 Å². The fourth-order valence-electron chi connectivity index (χ4n) is 2.83. The minimum absolute atomic E-state index is 0.235. The van der Waals surface area contributed by atoms with E-state index in [-0.39, 0.29) is 11.9 Å². The number of hydrogen-bond donors (Lipinski definition) is 1. The van der Waals surface area contributed by atoms with E-state index in [4.69, 9.17) is 0 Å². The number of carbonyl (C=O) groups excluding carboxylic acids is 1. The van der Waals surface area contributed by atoms with Gasteiger partial charge < -0.3 is 10.2 Å². The summed E-state index contributed by atoms with van der Waals surface area (Å²) in [6, 6.07) is 8.57. The number of rotatable bonds is 6. The number of hydrogen-bond acceptors (Lipinski definition) is 4. The summed E-state index contributed by atoms with van der Waals surface area (Å²) in [4.78, 5) is 18.2. The van der Waals surface area contributed by atoms with Crippen molar-refractivity contribution >= 4 is 22.9 Å². The predicted molar refractivity (Wildman–Crippen MR) is 94.8 cm³/mol. The number of nitrogens with zero attached hydrogens (tertiary/aromatic N) is 2. The van der Waals surface area contributed by atoms with Crippen molar-refractivity contribution in [3.63, 3.8) is 0 Å². The van der Waals surface area contributed by atoms with Gasteiger partial charge in [0.15, 0.2) is 0 Å². The first kappa shape index (κ1) is 16.1. The van der Waals surface area contributed by atoms with Crippen LogP contribution in [-0.2, 0) is 17.8 Å². The zero-order chi connectivity index (χ0) is 16.2. The third-order valence-corrected chi connectivity index (χ3v) is 5.31. The van der Waals surface area contributed by atoms with E-state index in [1.54, 1.807) is 11.3 Å². The Bertz CT molecular complexity index is 665. The van der Waals surface area contributed by atoms with Gasteiger partial charge in [0.05, 0.1) is 10.7 Å². The predicted octanol–water partition coefficient (Wildman–Crippen LogP) is 3.68. The van der Waals surface area contributed by atoms with Gasteiger partial charge in [0.1, 0.15) is 0 Å². The maximum Gasteiger partial charge on any atom is 0.227 e.